The highest BCUT2D eigenvalue weighted by Gasteiger charge is 2.34. The first kappa shape index (κ1) is 15.3. The first-order valence-electron chi connectivity index (χ1n) is 7.97. The number of carbonyl (C=O) groups is 1. The Morgan fingerprint density at radius 1 is 1.38 bits per heavy atom. The molecule has 0 radical (unpaired) electrons. The van der Waals surface area contributed by atoms with E-state index in [0.29, 0.717) is 11.3 Å². The van der Waals surface area contributed by atoms with Gasteiger partial charge in [-0.05, 0) is 17.7 Å². The molecule has 0 fully saturated rings. The highest BCUT2D eigenvalue weighted by Crippen LogP contribution is 2.40. The van der Waals surface area contributed by atoms with Crippen molar-refractivity contribution in [3.8, 4) is 11.5 Å². The lowest BCUT2D eigenvalue weighted by molar-refractivity contribution is -0.895. The second kappa shape index (κ2) is 5.68. The minimum absolute atomic E-state index is 0.0685. The number of quaternary nitrogens is 1. The van der Waals surface area contributed by atoms with E-state index in [1.165, 1.54) is 15.3 Å². The number of aromatic hydroxyl groups is 1. The molecule has 0 saturated carbocycles. The van der Waals surface area contributed by atoms with E-state index in [1.54, 1.807) is 36.6 Å². The lowest BCUT2D eigenvalue weighted by Gasteiger charge is -2.27. The Bertz CT molecular complexity index is 818. The molecule has 1 amide bonds. The minimum Gasteiger partial charge on any atom is -0.507 e. The van der Waals surface area contributed by atoms with Crippen LogP contribution in [0, 0.1) is 0 Å². The molecule has 0 aliphatic carbocycles. The van der Waals surface area contributed by atoms with E-state index in [1.807, 2.05) is 0 Å². The summed E-state index contributed by atoms with van der Waals surface area (Å²) in [4.78, 5) is 15.4. The van der Waals surface area contributed by atoms with Crippen LogP contribution in [0.2, 0.25) is 0 Å². The zero-order valence-corrected chi connectivity index (χ0v) is 14.4. The lowest BCUT2D eigenvalue weighted by Crippen LogP contribution is -3.08. The topological polar surface area (TPSA) is 75.0 Å². The van der Waals surface area contributed by atoms with Gasteiger partial charge in [-0.25, -0.2) is 0 Å². The molecular formula is C17H20N3O3S+. The first-order valence-corrected chi connectivity index (χ1v) is 8.78. The summed E-state index contributed by atoms with van der Waals surface area (Å²) < 4.78 is 5.11. The zero-order chi connectivity index (χ0) is 16.8. The lowest BCUT2D eigenvalue weighted by atomic mass is 10.0. The predicted octanol–water partition coefficient (Wildman–Crippen LogP) is 0.887. The molecule has 0 saturated heterocycles. The van der Waals surface area contributed by atoms with Gasteiger partial charge in [-0.1, -0.05) is 0 Å². The number of phenolic OH excluding ortho intramolecular Hbond substituents is 1. The van der Waals surface area contributed by atoms with Crippen LogP contribution in [0.15, 0.2) is 18.2 Å². The zero-order valence-electron chi connectivity index (χ0n) is 13.6. The van der Waals surface area contributed by atoms with Crippen LogP contribution in [0.4, 0.5) is 5.00 Å². The third-order valence-electron chi connectivity index (χ3n) is 4.68. The van der Waals surface area contributed by atoms with Gasteiger partial charge in [0.1, 0.15) is 29.2 Å². The van der Waals surface area contributed by atoms with Gasteiger partial charge < -0.3 is 25.4 Å². The van der Waals surface area contributed by atoms with Gasteiger partial charge in [0.25, 0.3) is 5.91 Å². The molecule has 24 heavy (non-hydrogen) atoms. The Morgan fingerprint density at radius 2 is 2.21 bits per heavy atom. The normalized spacial score (nSPS) is 22.2. The van der Waals surface area contributed by atoms with Crippen molar-refractivity contribution in [1.29, 1.82) is 0 Å². The number of thiophene rings is 1. The van der Waals surface area contributed by atoms with E-state index in [0.717, 1.165) is 30.1 Å². The van der Waals surface area contributed by atoms with Gasteiger partial charge in [0.2, 0.25) is 0 Å². The molecule has 1 aromatic carbocycles. The van der Waals surface area contributed by atoms with Gasteiger partial charge in [0.15, 0.2) is 0 Å². The number of hydrogen-bond acceptors (Lipinski definition) is 5. The third-order valence-corrected chi connectivity index (χ3v) is 5.84. The maximum atomic E-state index is 12.7. The molecule has 2 aromatic rings. The molecule has 3 heterocycles. The Kier molecular flexibility index (Phi) is 3.62. The van der Waals surface area contributed by atoms with Crippen LogP contribution >= 0.6 is 11.3 Å². The maximum absolute atomic E-state index is 12.7. The van der Waals surface area contributed by atoms with Crippen molar-refractivity contribution < 1.29 is 19.5 Å². The summed E-state index contributed by atoms with van der Waals surface area (Å²) in [5.41, 5.74) is 2.60. The van der Waals surface area contributed by atoms with Gasteiger partial charge in [0.05, 0.1) is 31.1 Å². The van der Waals surface area contributed by atoms with Crippen molar-refractivity contribution in [2.45, 2.75) is 19.1 Å². The highest BCUT2D eigenvalue weighted by atomic mass is 32.1. The summed E-state index contributed by atoms with van der Waals surface area (Å²) in [5, 5.41) is 17.5. The first-order chi connectivity index (χ1) is 11.6. The number of likely N-dealkylation sites (N-methyl/N-ethyl adjacent to an activating group) is 1. The molecule has 6 nitrogen and oxygen atoms in total. The van der Waals surface area contributed by atoms with E-state index >= 15 is 0 Å². The molecule has 7 heteroatoms. The van der Waals surface area contributed by atoms with Crippen molar-refractivity contribution in [1.82, 2.24) is 5.32 Å². The van der Waals surface area contributed by atoms with Gasteiger partial charge in [0, 0.05) is 18.1 Å². The molecule has 1 aromatic heterocycles. The van der Waals surface area contributed by atoms with Crippen LogP contribution in [-0.2, 0) is 13.0 Å². The molecular weight excluding hydrogens is 326 g/mol. The van der Waals surface area contributed by atoms with E-state index in [9.17, 15) is 9.90 Å². The average molecular weight is 346 g/mol. The fraction of sp³-hybridized carbons (Fsp3) is 0.353. The van der Waals surface area contributed by atoms with E-state index in [-0.39, 0.29) is 11.7 Å². The molecule has 4 N–H and O–H groups in total. The van der Waals surface area contributed by atoms with E-state index in [4.69, 9.17) is 4.74 Å². The van der Waals surface area contributed by atoms with Gasteiger partial charge in [-0.15, -0.1) is 11.3 Å². The number of benzene rings is 1. The fourth-order valence-electron chi connectivity index (χ4n) is 3.38. The van der Waals surface area contributed by atoms with Crippen molar-refractivity contribution in [2.75, 3.05) is 26.0 Å². The number of amides is 1. The second-order valence-electron chi connectivity index (χ2n) is 6.32. The smallest absolute Gasteiger partial charge is 0.256 e. The van der Waals surface area contributed by atoms with Crippen molar-refractivity contribution >= 4 is 22.2 Å². The molecule has 2 unspecified atom stereocenters. The summed E-state index contributed by atoms with van der Waals surface area (Å²) >= 11 is 1.66. The summed E-state index contributed by atoms with van der Waals surface area (Å²) in [7, 11) is 3.73. The summed E-state index contributed by atoms with van der Waals surface area (Å²) in [6.07, 6.45) is 0.488. The standard InChI is InChI=1S/C17H19N3O3S/c1-20-6-5-11-13(8-20)24-17-14(11)16(22)18-15(19-17)10-4-3-9(23-2)7-12(10)21/h3-4,7,15,19,21H,5-6,8H2,1-2H3,(H,18,22)/p+1. The summed E-state index contributed by atoms with van der Waals surface area (Å²) in [6.45, 7) is 2.01. The fourth-order valence-corrected chi connectivity index (χ4v) is 4.77. The molecule has 2 aliphatic rings. The Balaban J connectivity index is 1.68. The van der Waals surface area contributed by atoms with Crippen LogP contribution in [0.3, 0.4) is 0 Å². The Labute approximate surface area is 144 Å². The number of hydrogen-bond donors (Lipinski definition) is 4. The van der Waals surface area contributed by atoms with Crippen LogP contribution < -0.4 is 20.3 Å². The predicted molar refractivity (Wildman–Crippen MR) is 92.0 cm³/mol. The largest absolute Gasteiger partial charge is 0.507 e. The molecule has 0 spiro atoms. The SMILES string of the molecule is COc1ccc(C2NC(=O)c3c(sc4c3CC[NH+](C)C4)N2)c(O)c1. The number of ether oxygens (including phenoxy) is 1. The Hall–Kier alpha value is -2.25. The van der Waals surface area contributed by atoms with Crippen molar-refractivity contribution in [3.63, 3.8) is 0 Å². The van der Waals surface area contributed by atoms with Crippen LogP contribution in [0.1, 0.15) is 32.5 Å². The molecule has 126 valence electrons. The van der Waals surface area contributed by atoms with Gasteiger partial charge >= 0.3 is 0 Å². The Morgan fingerprint density at radius 3 is 2.96 bits per heavy atom. The number of fused-ring (bicyclic) bond motifs is 3. The number of rotatable bonds is 2. The van der Waals surface area contributed by atoms with Gasteiger partial charge in [-0.3, -0.25) is 4.79 Å². The number of nitrogens with one attached hydrogen (secondary N) is 3. The van der Waals surface area contributed by atoms with E-state index in [2.05, 4.69) is 17.7 Å². The van der Waals surface area contributed by atoms with E-state index < -0.39 is 6.17 Å². The van der Waals surface area contributed by atoms with Crippen molar-refractivity contribution in [3.05, 3.63) is 39.8 Å². The molecule has 0 bridgehead atoms. The second-order valence-corrected chi connectivity index (χ2v) is 7.42. The number of methoxy groups -OCH3 is 1. The minimum atomic E-state index is -0.443. The molecule has 4 rings (SSSR count). The highest BCUT2D eigenvalue weighted by molar-refractivity contribution is 7.16. The summed E-state index contributed by atoms with van der Waals surface area (Å²) in [5.74, 6) is 0.610. The number of carbonyl (C=O) groups excluding carboxylic acids is 1. The monoisotopic (exact) mass is 346 g/mol. The maximum Gasteiger partial charge on any atom is 0.256 e. The van der Waals surface area contributed by atoms with Crippen molar-refractivity contribution in [2.24, 2.45) is 0 Å². The summed E-state index contributed by atoms with van der Waals surface area (Å²) in [6, 6.07) is 5.09. The molecule has 2 aliphatic heterocycles. The van der Waals surface area contributed by atoms with Crippen LogP contribution in [0.5, 0.6) is 11.5 Å². The third kappa shape index (κ3) is 2.40. The quantitative estimate of drug-likeness (QED) is 0.651. The van der Waals surface area contributed by atoms with Gasteiger partial charge in [-0.2, -0.15) is 0 Å². The van der Waals surface area contributed by atoms with Crippen LogP contribution in [0.25, 0.3) is 0 Å². The average Bonchev–Trinajstić information content (AvgIpc) is 2.92. The van der Waals surface area contributed by atoms with Crippen LogP contribution in [-0.4, -0.2) is 31.7 Å². The molecule has 2 atom stereocenters. The number of anilines is 1. The number of phenols is 1.